The average Bonchev–Trinajstić information content (AvgIpc) is 2.73. The van der Waals surface area contributed by atoms with E-state index in [1.54, 1.807) is 39.7 Å². The van der Waals surface area contributed by atoms with Crippen LogP contribution in [0.1, 0.15) is 12.5 Å². The summed E-state index contributed by atoms with van der Waals surface area (Å²) in [5.74, 6) is 2.22. The molecule has 144 valence electrons. The number of rotatable bonds is 7. The second-order valence-corrected chi connectivity index (χ2v) is 5.81. The van der Waals surface area contributed by atoms with Gasteiger partial charge in [0.2, 0.25) is 5.75 Å². The molecule has 2 aromatic carbocycles. The molecule has 0 saturated heterocycles. The number of methoxy groups -OCH3 is 3. The average molecular weight is 379 g/mol. The van der Waals surface area contributed by atoms with Crippen LogP contribution in [0.25, 0.3) is 10.9 Å². The highest BCUT2D eigenvalue weighted by Gasteiger charge is 2.16. The lowest BCUT2D eigenvalue weighted by Crippen LogP contribution is -2.00. The lowest BCUT2D eigenvalue weighted by Gasteiger charge is -2.17. The van der Waals surface area contributed by atoms with Crippen LogP contribution in [0, 0.1) is 11.3 Å². The third-order valence-electron chi connectivity index (χ3n) is 4.20. The van der Waals surface area contributed by atoms with Crippen LogP contribution in [0.15, 0.2) is 36.5 Å². The predicted octanol–water partition coefficient (Wildman–Crippen LogP) is 4.27. The Labute approximate surface area is 163 Å². The summed E-state index contributed by atoms with van der Waals surface area (Å²) in [4.78, 5) is 4.36. The van der Waals surface area contributed by atoms with Crippen molar-refractivity contribution in [3.8, 4) is 29.1 Å². The van der Waals surface area contributed by atoms with Crippen LogP contribution in [0.2, 0.25) is 0 Å². The molecule has 0 aliphatic heterocycles. The maximum absolute atomic E-state index is 9.58. The van der Waals surface area contributed by atoms with Crippen LogP contribution in [-0.2, 0) is 0 Å². The second kappa shape index (κ2) is 8.35. The summed E-state index contributed by atoms with van der Waals surface area (Å²) in [6.07, 6.45) is 1.54. The predicted molar refractivity (Wildman–Crippen MR) is 107 cm³/mol. The van der Waals surface area contributed by atoms with Gasteiger partial charge in [-0.3, -0.25) is 4.98 Å². The number of pyridine rings is 1. The molecule has 0 spiro atoms. The Morgan fingerprint density at radius 2 is 1.75 bits per heavy atom. The molecule has 0 atom stereocenters. The van der Waals surface area contributed by atoms with Crippen molar-refractivity contribution in [1.29, 1.82) is 5.26 Å². The maximum atomic E-state index is 9.58. The van der Waals surface area contributed by atoms with E-state index in [9.17, 15) is 5.26 Å². The molecule has 3 rings (SSSR count). The zero-order chi connectivity index (χ0) is 20.1. The quantitative estimate of drug-likeness (QED) is 0.656. The van der Waals surface area contributed by atoms with Gasteiger partial charge in [0, 0.05) is 29.4 Å². The number of nitriles is 1. The largest absolute Gasteiger partial charge is 0.494 e. The molecule has 0 radical (unpaired) electrons. The molecular formula is C21H21N3O4. The fraction of sp³-hybridized carbons (Fsp3) is 0.238. The Morgan fingerprint density at radius 3 is 2.32 bits per heavy atom. The maximum Gasteiger partial charge on any atom is 0.203 e. The van der Waals surface area contributed by atoms with Gasteiger partial charge in [0.05, 0.1) is 44.7 Å². The van der Waals surface area contributed by atoms with E-state index in [4.69, 9.17) is 18.9 Å². The summed E-state index contributed by atoms with van der Waals surface area (Å²) >= 11 is 0. The number of fused-ring (bicyclic) bond motifs is 1. The molecule has 1 N–H and O–H groups in total. The van der Waals surface area contributed by atoms with E-state index in [0.29, 0.717) is 46.5 Å². The fourth-order valence-corrected chi connectivity index (χ4v) is 2.95. The molecule has 0 aliphatic rings. The van der Waals surface area contributed by atoms with Crippen molar-refractivity contribution >= 4 is 22.3 Å². The highest BCUT2D eigenvalue weighted by molar-refractivity contribution is 5.96. The number of benzene rings is 2. The Bertz CT molecular complexity index is 1020. The van der Waals surface area contributed by atoms with Gasteiger partial charge in [0.25, 0.3) is 0 Å². The van der Waals surface area contributed by atoms with Gasteiger partial charge < -0.3 is 24.3 Å². The summed E-state index contributed by atoms with van der Waals surface area (Å²) < 4.78 is 21.8. The van der Waals surface area contributed by atoms with E-state index >= 15 is 0 Å². The monoisotopic (exact) mass is 379 g/mol. The summed E-state index contributed by atoms with van der Waals surface area (Å²) in [5.41, 5.74) is 2.47. The van der Waals surface area contributed by atoms with E-state index in [2.05, 4.69) is 16.4 Å². The van der Waals surface area contributed by atoms with Crippen LogP contribution in [0.5, 0.6) is 23.0 Å². The molecule has 3 aromatic rings. The van der Waals surface area contributed by atoms with E-state index in [0.717, 1.165) is 10.9 Å². The molecule has 0 amide bonds. The Hall–Kier alpha value is -3.66. The summed E-state index contributed by atoms with van der Waals surface area (Å²) in [7, 11) is 4.66. The Kier molecular flexibility index (Phi) is 5.70. The van der Waals surface area contributed by atoms with Crippen molar-refractivity contribution < 1.29 is 18.9 Å². The Morgan fingerprint density at radius 1 is 1.04 bits per heavy atom. The highest BCUT2D eigenvalue weighted by atomic mass is 16.5. The number of hydrogen-bond donors (Lipinski definition) is 1. The van der Waals surface area contributed by atoms with Crippen molar-refractivity contribution in [1.82, 2.24) is 4.98 Å². The van der Waals surface area contributed by atoms with Gasteiger partial charge in [0.1, 0.15) is 11.8 Å². The molecule has 7 nitrogen and oxygen atoms in total. The number of ether oxygens (including phenoxy) is 4. The molecule has 0 bridgehead atoms. The summed E-state index contributed by atoms with van der Waals surface area (Å²) in [5, 5.41) is 13.7. The molecular weight excluding hydrogens is 358 g/mol. The lowest BCUT2D eigenvalue weighted by molar-refractivity contribution is 0.324. The van der Waals surface area contributed by atoms with Crippen LogP contribution in [0.4, 0.5) is 11.4 Å². The molecule has 7 heteroatoms. The van der Waals surface area contributed by atoms with E-state index in [1.165, 1.54) is 0 Å². The fourth-order valence-electron chi connectivity index (χ4n) is 2.95. The molecule has 0 fully saturated rings. The number of nitrogens with zero attached hydrogens (tertiary/aromatic N) is 2. The number of hydrogen-bond acceptors (Lipinski definition) is 7. The first-order chi connectivity index (χ1) is 13.6. The SMILES string of the molecule is CCOc1ccc2ncc(C#N)c(Nc3cc(OC)c(OC)c(OC)c3)c2c1. The number of aromatic nitrogens is 1. The van der Waals surface area contributed by atoms with Gasteiger partial charge in [-0.1, -0.05) is 0 Å². The summed E-state index contributed by atoms with van der Waals surface area (Å²) in [6, 6.07) is 11.3. The molecule has 0 aliphatic carbocycles. The van der Waals surface area contributed by atoms with Gasteiger partial charge in [-0.15, -0.1) is 0 Å². The first-order valence-electron chi connectivity index (χ1n) is 8.67. The van der Waals surface area contributed by atoms with Crippen molar-refractivity contribution in [2.24, 2.45) is 0 Å². The Balaban J connectivity index is 2.16. The lowest BCUT2D eigenvalue weighted by atomic mass is 10.1. The minimum Gasteiger partial charge on any atom is -0.494 e. The van der Waals surface area contributed by atoms with Gasteiger partial charge >= 0.3 is 0 Å². The molecule has 28 heavy (non-hydrogen) atoms. The van der Waals surface area contributed by atoms with Crippen LogP contribution >= 0.6 is 0 Å². The van der Waals surface area contributed by atoms with Crippen LogP contribution < -0.4 is 24.3 Å². The third-order valence-corrected chi connectivity index (χ3v) is 4.20. The second-order valence-electron chi connectivity index (χ2n) is 5.81. The molecule has 0 saturated carbocycles. The van der Waals surface area contributed by atoms with Gasteiger partial charge in [-0.25, -0.2) is 0 Å². The number of nitrogens with one attached hydrogen (secondary N) is 1. The van der Waals surface area contributed by atoms with E-state index in [1.807, 2.05) is 25.1 Å². The number of anilines is 2. The van der Waals surface area contributed by atoms with Crippen molar-refractivity contribution in [3.63, 3.8) is 0 Å². The molecule has 1 heterocycles. The van der Waals surface area contributed by atoms with E-state index in [-0.39, 0.29) is 0 Å². The van der Waals surface area contributed by atoms with Gasteiger partial charge in [-0.2, -0.15) is 5.26 Å². The van der Waals surface area contributed by atoms with Gasteiger partial charge in [-0.05, 0) is 25.1 Å². The zero-order valence-electron chi connectivity index (χ0n) is 16.2. The minimum absolute atomic E-state index is 0.412. The third kappa shape index (κ3) is 3.58. The van der Waals surface area contributed by atoms with Crippen LogP contribution in [-0.4, -0.2) is 32.9 Å². The van der Waals surface area contributed by atoms with E-state index < -0.39 is 0 Å². The zero-order valence-corrected chi connectivity index (χ0v) is 16.2. The molecule has 0 unspecified atom stereocenters. The van der Waals surface area contributed by atoms with Crippen molar-refractivity contribution in [2.75, 3.05) is 33.3 Å². The highest BCUT2D eigenvalue weighted by Crippen LogP contribution is 2.41. The topological polar surface area (TPSA) is 85.6 Å². The van der Waals surface area contributed by atoms with Gasteiger partial charge in [0.15, 0.2) is 11.5 Å². The first kappa shape index (κ1) is 19.1. The molecule has 1 aromatic heterocycles. The standard InChI is InChI=1S/C21H21N3O4/c1-5-28-15-6-7-17-16(10-15)20(13(11-22)12-23-17)24-14-8-18(25-2)21(27-4)19(9-14)26-3/h6-10,12H,5H2,1-4H3,(H,23,24). The normalized spacial score (nSPS) is 10.2. The summed E-state index contributed by atoms with van der Waals surface area (Å²) in [6.45, 7) is 2.47. The smallest absolute Gasteiger partial charge is 0.203 e. The minimum atomic E-state index is 0.412. The van der Waals surface area contributed by atoms with Crippen molar-refractivity contribution in [2.45, 2.75) is 6.92 Å². The van der Waals surface area contributed by atoms with Crippen LogP contribution in [0.3, 0.4) is 0 Å². The van der Waals surface area contributed by atoms with Crippen molar-refractivity contribution in [3.05, 3.63) is 42.1 Å². The first-order valence-corrected chi connectivity index (χ1v) is 8.67.